The van der Waals surface area contributed by atoms with E-state index in [1.165, 1.54) is 45.2 Å². The van der Waals surface area contributed by atoms with Crippen molar-refractivity contribution in [1.82, 2.24) is 4.90 Å². The minimum absolute atomic E-state index is 0.793. The van der Waals surface area contributed by atoms with E-state index in [-0.39, 0.29) is 0 Å². The van der Waals surface area contributed by atoms with Crippen molar-refractivity contribution in [2.75, 3.05) is 18.8 Å². The number of hydrogen-bond acceptors (Lipinski definition) is 2. The minimum Gasteiger partial charge on any atom is -0.300 e. The van der Waals surface area contributed by atoms with Gasteiger partial charge in [0.15, 0.2) is 0 Å². The molecule has 1 fully saturated rings. The van der Waals surface area contributed by atoms with Crippen molar-refractivity contribution in [3.8, 4) is 0 Å². The van der Waals surface area contributed by atoms with E-state index in [1.807, 2.05) is 0 Å². The summed E-state index contributed by atoms with van der Waals surface area (Å²) in [5.74, 6) is 2.82. The smallest absolute Gasteiger partial charge is 0.00927 e. The average molecular weight is 243 g/mol. The third kappa shape index (κ3) is 4.67. The van der Waals surface area contributed by atoms with Crippen LogP contribution in [0, 0.1) is 11.8 Å². The van der Waals surface area contributed by atoms with Gasteiger partial charge in [0.1, 0.15) is 0 Å². The maximum atomic E-state index is 4.25. The zero-order chi connectivity index (χ0) is 12.0. The molecule has 3 unspecified atom stereocenters. The molecule has 0 aromatic carbocycles. The van der Waals surface area contributed by atoms with E-state index in [1.54, 1.807) is 0 Å². The molecule has 16 heavy (non-hydrogen) atoms. The zero-order valence-corrected chi connectivity index (χ0v) is 12.2. The van der Waals surface area contributed by atoms with Crippen LogP contribution in [-0.2, 0) is 0 Å². The van der Waals surface area contributed by atoms with Crippen molar-refractivity contribution in [3.05, 3.63) is 0 Å². The molecule has 1 aliphatic rings. The van der Waals surface area contributed by atoms with Crippen molar-refractivity contribution in [3.63, 3.8) is 0 Å². The van der Waals surface area contributed by atoms with Crippen LogP contribution in [0.1, 0.15) is 52.9 Å². The molecule has 1 rings (SSSR count). The molecule has 3 atom stereocenters. The molecule has 0 amide bonds. The van der Waals surface area contributed by atoms with Gasteiger partial charge in [-0.15, -0.1) is 0 Å². The fourth-order valence-corrected chi connectivity index (χ4v) is 3.13. The van der Waals surface area contributed by atoms with Gasteiger partial charge in [0, 0.05) is 12.6 Å². The lowest BCUT2D eigenvalue weighted by Crippen LogP contribution is -2.45. The Morgan fingerprint density at radius 1 is 1.06 bits per heavy atom. The quantitative estimate of drug-likeness (QED) is 0.548. The Hall–Kier alpha value is 0.310. The molecule has 0 aliphatic carbocycles. The lowest BCUT2D eigenvalue weighted by Gasteiger charge is -2.41. The van der Waals surface area contributed by atoms with Gasteiger partial charge in [0.05, 0.1) is 0 Å². The highest BCUT2D eigenvalue weighted by Crippen LogP contribution is 2.27. The van der Waals surface area contributed by atoms with E-state index in [9.17, 15) is 0 Å². The summed E-state index contributed by atoms with van der Waals surface area (Å²) in [6, 6.07) is 0.793. The molecular weight excluding hydrogens is 214 g/mol. The highest BCUT2D eigenvalue weighted by atomic mass is 32.1. The van der Waals surface area contributed by atoms with Crippen LogP contribution in [0.3, 0.4) is 0 Å². The molecular formula is C14H29NS. The summed E-state index contributed by atoms with van der Waals surface area (Å²) in [7, 11) is 0. The Kier molecular flexibility index (Phi) is 6.83. The van der Waals surface area contributed by atoms with Crippen LogP contribution >= 0.6 is 12.6 Å². The largest absolute Gasteiger partial charge is 0.300 e. The first-order chi connectivity index (χ1) is 7.65. The number of thiol groups is 1. The summed E-state index contributed by atoms with van der Waals surface area (Å²) >= 11 is 4.25. The Morgan fingerprint density at radius 3 is 2.44 bits per heavy atom. The van der Waals surface area contributed by atoms with Crippen LogP contribution < -0.4 is 0 Å². The first kappa shape index (κ1) is 14.4. The standard InChI is InChI=1S/C14H29NS/c1-12-10-13(2)14(3)15(11-12)8-6-4-5-7-9-16/h12-14,16H,4-11H2,1-3H3. The van der Waals surface area contributed by atoms with Gasteiger partial charge >= 0.3 is 0 Å². The summed E-state index contributed by atoms with van der Waals surface area (Å²) in [4.78, 5) is 2.71. The Balaban J connectivity index is 2.19. The van der Waals surface area contributed by atoms with Gasteiger partial charge in [-0.3, -0.25) is 0 Å². The SMILES string of the molecule is CC1CC(C)C(C)N(CCCCCCS)C1. The monoisotopic (exact) mass is 243 g/mol. The normalized spacial score (nSPS) is 31.9. The predicted molar refractivity (Wildman–Crippen MR) is 76.3 cm³/mol. The first-order valence-corrected chi connectivity index (χ1v) is 7.63. The Labute approximate surface area is 107 Å². The molecule has 0 spiro atoms. The predicted octanol–water partition coefficient (Wildman–Crippen LogP) is 3.84. The number of nitrogens with zero attached hydrogens (tertiary/aromatic N) is 1. The molecule has 96 valence electrons. The highest BCUT2D eigenvalue weighted by molar-refractivity contribution is 7.80. The van der Waals surface area contributed by atoms with Crippen molar-refractivity contribution < 1.29 is 0 Å². The topological polar surface area (TPSA) is 3.24 Å². The molecule has 0 N–H and O–H groups in total. The average Bonchev–Trinajstić information content (AvgIpc) is 2.24. The van der Waals surface area contributed by atoms with Crippen LogP contribution in [-0.4, -0.2) is 29.8 Å². The number of rotatable bonds is 6. The maximum absolute atomic E-state index is 4.25. The lowest BCUT2D eigenvalue weighted by atomic mass is 9.86. The van der Waals surface area contributed by atoms with Gasteiger partial charge in [-0.2, -0.15) is 12.6 Å². The van der Waals surface area contributed by atoms with Crippen molar-refractivity contribution in [2.24, 2.45) is 11.8 Å². The van der Waals surface area contributed by atoms with E-state index in [4.69, 9.17) is 0 Å². The van der Waals surface area contributed by atoms with E-state index >= 15 is 0 Å². The molecule has 1 heterocycles. The van der Waals surface area contributed by atoms with Crippen LogP contribution in [0.2, 0.25) is 0 Å². The van der Waals surface area contributed by atoms with Crippen molar-refractivity contribution >= 4 is 12.6 Å². The van der Waals surface area contributed by atoms with Crippen LogP contribution in [0.5, 0.6) is 0 Å². The summed E-state index contributed by atoms with van der Waals surface area (Å²) < 4.78 is 0. The van der Waals surface area contributed by atoms with Gasteiger partial charge in [-0.05, 0) is 50.3 Å². The zero-order valence-electron chi connectivity index (χ0n) is 11.3. The summed E-state index contributed by atoms with van der Waals surface area (Å²) in [6.45, 7) is 9.84. The van der Waals surface area contributed by atoms with E-state index in [0.717, 1.165) is 23.6 Å². The van der Waals surface area contributed by atoms with Crippen molar-refractivity contribution in [1.29, 1.82) is 0 Å². The summed E-state index contributed by atoms with van der Waals surface area (Å²) in [6.07, 6.45) is 6.81. The Bertz CT molecular complexity index is 184. The van der Waals surface area contributed by atoms with Crippen LogP contribution in [0.4, 0.5) is 0 Å². The van der Waals surface area contributed by atoms with E-state index in [2.05, 4.69) is 38.3 Å². The second-order valence-electron chi connectivity index (χ2n) is 5.69. The molecule has 0 aromatic heterocycles. The highest BCUT2D eigenvalue weighted by Gasteiger charge is 2.27. The third-order valence-electron chi connectivity index (χ3n) is 4.07. The molecule has 2 heteroatoms. The van der Waals surface area contributed by atoms with Crippen LogP contribution in [0.25, 0.3) is 0 Å². The van der Waals surface area contributed by atoms with Gasteiger partial charge < -0.3 is 4.90 Å². The second kappa shape index (κ2) is 7.60. The second-order valence-corrected chi connectivity index (χ2v) is 6.14. The van der Waals surface area contributed by atoms with E-state index < -0.39 is 0 Å². The molecule has 1 saturated heterocycles. The molecule has 1 aliphatic heterocycles. The summed E-state index contributed by atoms with van der Waals surface area (Å²) in [5.41, 5.74) is 0. The van der Waals surface area contributed by atoms with Gasteiger partial charge in [0.2, 0.25) is 0 Å². The van der Waals surface area contributed by atoms with Gasteiger partial charge in [0.25, 0.3) is 0 Å². The van der Waals surface area contributed by atoms with Crippen molar-refractivity contribution in [2.45, 2.75) is 58.9 Å². The number of hydrogen-bond donors (Lipinski definition) is 1. The van der Waals surface area contributed by atoms with E-state index in [0.29, 0.717) is 0 Å². The van der Waals surface area contributed by atoms with Gasteiger partial charge in [-0.1, -0.05) is 26.7 Å². The Morgan fingerprint density at radius 2 is 1.75 bits per heavy atom. The molecule has 0 bridgehead atoms. The fourth-order valence-electron chi connectivity index (χ4n) is 2.91. The third-order valence-corrected chi connectivity index (χ3v) is 4.39. The first-order valence-electron chi connectivity index (χ1n) is 7.00. The number of likely N-dealkylation sites (tertiary alicyclic amines) is 1. The molecule has 1 nitrogen and oxygen atoms in total. The maximum Gasteiger partial charge on any atom is 0.00927 e. The number of unbranched alkanes of at least 4 members (excludes halogenated alkanes) is 3. The number of piperidine rings is 1. The molecule has 0 radical (unpaired) electrons. The minimum atomic E-state index is 0.793. The summed E-state index contributed by atoms with van der Waals surface area (Å²) in [5, 5.41) is 0. The van der Waals surface area contributed by atoms with Crippen LogP contribution in [0.15, 0.2) is 0 Å². The fraction of sp³-hybridized carbons (Fsp3) is 1.00. The lowest BCUT2D eigenvalue weighted by molar-refractivity contribution is 0.0781. The van der Waals surface area contributed by atoms with Gasteiger partial charge in [-0.25, -0.2) is 0 Å². The molecule has 0 aromatic rings. The molecule has 0 saturated carbocycles.